The molecule has 1 atom stereocenters. The molecule has 0 radical (unpaired) electrons. The van der Waals surface area contributed by atoms with E-state index in [1.165, 1.54) is 33.5 Å². The van der Waals surface area contributed by atoms with Gasteiger partial charge in [0.2, 0.25) is 0 Å². The fourth-order valence-corrected chi connectivity index (χ4v) is 3.27. The Morgan fingerprint density at radius 2 is 1.90 bits per heavy atom. The second-order valence-corrected chi connectivity index (χ2v) is 6.23. The molecular formula is C19H22N2. The second-order valence-electron chi connectivity index (χ2n) is 6.23. The fraction of sp³-hybridized carbons (Fsp3) is 0.316. The normalized spacial score (nSPS) is 20.5. The molecule has 1 aliphatic heterocycles. The van der Waals surface area contributed by atoms with Crippen LogP contribution < -0.4 is 4.90 Å². The van der Waals surface area contributed by atoms with E-state index in [0.717, 1.165) is 0 Å². The van der Waals surface area contributed by atoms with Crippen molar-refractivity contribution in [1.29, 1.82) is 0 Å². The minimum atomic E-state index is -0.142. The zero-order valence-electron chi connectivity index (χ0n) is 13.4. The van der Waals surface area contributed by atoms with Crippen LogP contribution >= 0.6 is 0 Å². The molecular weight excluding hydrogens is 256 g/mol. The SMILES string of the molecule is Cc1cc(C)c(C)c(C2(C)C=Cc3ccncc3N2C)c1. The minimum absolute atomic E-state index is 0.142. The Bertz CT molecular complexity index is 730. The molecule has 2 heterocycles. The number of benzene rings is 1. The quantitative estimate of drug-likeness (QED) is 0.769. The van der Waals surface area contributed by atoms with Gasteiger partial charge in [0.15, 0.2) is 0 Å². The summed E-state index contributed by atoms with van der Waals surface area (Å²) in [5.41, 5.74) is 7.67. The highest BCUT2D eigenvalue weighted by Crippen LogP contribution is 2.41. The van der Waals surface area contributed by atoms with Gasteiger partial charge in [-0.15, -0.1) is 0 Å². The van der Waals surface area contributed by atoms with Crippen LogP contribution in [-0.2, 0) is 5.54 Å². The van der Waals surface area contributed by atoms with E-state index in [-0.39, 0.29) is 5.54 Å². The number of hydrogen-bond donors (Lipinski definition) is 0. The first-order valence-electron chi connectivity index (χ1n) is 7.39. The first-order valence-corrected chi connectivity index (χ1v) is 7.39. The van der Waals surface area contributed by atoms with Crippen LogP contribution in [0.1, 0.15) is 34.7 Å². The lowest BCUT2D eigenvalue weighted by molar-refractivity contribution is 0.572. The molecule has 1 aliphatic rings. The summed E-state index contributed by atoms with van der Waals surface area (Å²) in [6, 6.07) is 6.63. The fourth-order valence-electron chi connectivity index (χ4n) is 3.27. The Kier molecular flexibility index (Phi) is 3.12. The van der Waals surface area contributed by atoms with Crippen LogP contribution in [0.2, 0.25) is 0 Å². The highest BCUT2D eigenvalue weighted by molar-refractivity contribution is 5.74. The molecule has 21 heavy (non-hydrogen) atoms. The van der Waals surface area contributed by atoms with Crippen LogP contribution in [0.4, 0.5) is 5.69 Å². The molecule has 1 unspecified atom stereocenters. The van der Waals surface area contributed by atoms with Gasteiger partial charge in [-0.25, -0.2) is 0 Å². The van der Waals surface area contributed by atoms with Crippen LogP contribution in [0.15, 0.2) is 36.7 Å². The summed E-state index contributed by atoms with van der Waals surface area (Å²) in [5, 5.41) is 0. The van der Waals surface area contributed by atoms with Crippen LogP contribution in [0.3, 0.4) is 0 Å². The van der Waals surface area contributed by atoms with Crippen molar-refractivity contribution in [2.45, 2.75) is 33.2 Å². The number of pyridine rings is 1. The molecule has 108 valence electrons. The van der Waals surface area contributed by atoms with Crippen molar-refractivity contribution < 1.29 is 0 Å². The molecule has 0 amide bonds. The van der Waals surface area contributed by atoms with Crippen LogP contribution in [0.25, 0.3) is 6.08 Å². The van der Waals surface area contributed by atoms with Gasteiger partial charge in [-0.05, 0) is 50.5 Å². The summed E-state index contributed by atoms with van der Waals surface area (Å²) >= 11 is 0. The van der Waals surface area contributed by atoms with Crippen molar-refractivity contribution in [3.05, 3.63) is 64.5 Å². The molecule has 0 saturated heterocycles. The molecule has 2 heteroatoms. The molecule has 2 aromatic rings. The number of rotatable bonds is 1. The van der Waals surface area contributed by atoms with E-state index >= 15 is 0 Å². The van der Waals surface area contributed by atoms with Gasteiger partial charge < -0.3 is 4.90 Å². The highest BCUT2D eigenvalue weighted by Gasteiger charge is 2.34. The molecule has 0 saturated carbocycles. The molecule has 0 spiro atoms. The third-order valence-electron chi connectivity index (χ3n) is 4.84. The van der Waals surface area contributed by atoms with Crippen LogP contribution in [0.5, 0.6) is 0 Å². The van der Waals surface area contributed by atoms with Crippen molar-refractivity contribution in [1.82, 2.24) is 4.98 Å². The van der Waals surface area contributed by atoms with Gasteiger partial charge >= 0.3 is 0 Å². The lowest BCUT2D eigenvalue weighted by Crippen LogP contribution is -2.42. The summed E-state index contributed by atoms with van der Waals surface area (Å²) in [7, 11) is 2.15. The first kappa shape index (κ1) is 13.9. The number of aryl methyl sites for hydroxylation is 2. The van der Waals surface area contributed by atoms with Gasteiger partial charge in [0, 0.05) is 18.8 Å². The van der Waals surface area contributed by atoms with Gasteiger partial charge in [0.1, 0.15) is 0 Å². The molecule has 1 aromatic heterocycles. The summed E-state index contributed by atoms with van der Waals surface area (Å²) in [5.74, 6) is 0. The summed E-state index contributed by atoms with van der Waals surface area (Å²) in [6.45, 7) is 8.86. The molecule has 2 nitrogen and oxygen atoms in total. The Balaban J connectivity index is 2.20. The van der Waals surface area contributed by atoms with E-state index in [0.29, 0.717) is 0 Å². The molecule has 0 aliphatic carbocycles. The van der Waals surface area contributed by atoms with Crippen molar-refractivity contribution in [2.24, 2.45) is 0 Å². The van der Waals surface area contributed by atoms with Crippen molar-refractivity contribution in [2.75, 3.05) is 11.9 Å². The van der Waals surface area contributed by atoms with Crippen LogP contribution in [0, 0.1) is 20.8 Å². The number of nitrogens with zero attached hydrogens (tertiary/aromatic N) is 2. The number of likely N-dealkylation sites (N-methyl/N-ethyl adjacent to an activating group) is 1. The van der Waals surface area contributed by atoms with Gasteiger partial charge in [0.05, 0.1) is 17.4 Å². The smallest absolute Gasteiger partial charge is 0.0812 e. The van der Waals surface area contributed by atoms with E-state index in [1.807, 2.05) is 12.4 Å². The first-order chi connectivity index (χ1) is 9.93. The topological polar surface area (TPSA) is 16.1 Å². The maximum atomic E-state index is 4.29. The molecule has 0 N–H and O–H groups in total. The third-order valence-corrected chi connectivity index (χ3v) is 4.84. The zero-order valence-corrected chi connectivity index (χ0v) is 13.4. The predicted octanol–water partition coefficient (Wildman–Crippen LogP) is 4.39. The lowest BCUT2D eigenvalue weighted by atomic mass is 9.81. The summed E-state index contributed by atoms with van der Waals surface area (Å²) in [6.07, 6.45) is 8.32. The van der Waals surface area contributed by atoms with E-state index in [4.69, 9.17) is 0 Å². The maximum absolute atomic E-state index is 4.29. The van der Waals surface area contributed by atoms with E-state index in [1.54, 1.807) is 0 Å². The van der Waals surface area contributed by atoms with Gasteiger partial charge in [0.25, 0.3) is 0 Å². The standard InChI is InChI=1S/C19H22N2/c1-13-10-14(2)15(3)17(11-13)19(4)8-6-16-7-9-20-12-18(16)21(19)5/h6-12H,1-5H3. The Hall–Kier alpha value is -2.09. The second kappa shape index (κ2) is 4.73. The summed E-state index contributed by atoms with van der Waals surface area (Å²) in [4.78, 5) is 6.62. The Morgan fingerprint density at radius 3 is 2.67 bits per heavy atom. The van der Waals surface area contributed by atoms with E-state index in [2.05, 4.69) is 75.0 Å². The Morgan fingerprint density at radius 1 is 1.14 bits per heavy atom. The van der Waals surface area contributed by atoms with E-state index < -0.39 is 0 Å². The monoisotopic (exact) mass is 278 g/mol. The largest absolute Gasteiger partial charge is 0.360 e. The highest BCUT2D eigenvalue weighted by atomic mass is 15.2. The van der Waals surface area contributed by atoms with Crippen molar-refractivity contribution in [3.63, 3.8) is 0 Å². The molecule has 0 fully saturated rings. The molecule has 0 bridgehead atoms. The average Bonchev–Trinajstić information content (AvgIpc) is 2.47. The third kappa shape index (κ3) is 2.06. The number of hydrogen-bond acceptors (Lipinski definition) is 2. The van der Waals surface area contributed by atoms with Crippen molar-refractivity contribution in [3.8, 4) is 0 Å². The van der Waals surface area contributed by atoms with Crippen LogP contribution in [-0.4, -0.2) is 12.0 Å². The number of aromatic nitrogens is 1. The van der Waals surface area contributed by atoms with Gasteiger partial charge in [-0.1, -0.05) is 29.8 Å². The van der Waals surface area contributed by atoms with Crippen molar-refractivity contribution >= 4 is 11.8 Å². The zero-order chi connectivity index (χ0) is 15.2. The predicted molar refractivity (Wildman–Crippen MR) is 89.7 cm³/mol. The number of anilines is 1. The van der Waals surface area contributed by atoms with Gasteiger partial charge in [-0.2, -0.15) is 0 Å². The average molecular weight is 278 g/mol. The maximum Gasteiger partial charge on any atom is 0.0812 e. The number of fused-ring (bicyclic) bond motifs is 1. The van der Waals surface area contributed by atoms with Gasteiger partial charge in [-0.3, -0.25) is 4.98 Å². The van der Waals surface area contributed by atoms with E-state index in [9.17, 15) is 0 Å². The molecule has 1 aromatic carbocycles. The lowest BCUT2D eigenvalue weighted by Gasteiger charge is -2.43. The Labute approximate surface area is 127 Å². The summed E-state index contributed by atoms with van der Waals surface area (Å²) < 4.78 is 0. The molecule has 3 rings (SSSR count). The minimum Gasteiger partial charge on any atom is -0.360 e.